The Balaban J connectivity index is 1.80. The van der Waals surface area contributed by atoms with E-state index in [1.54, 1.807) is 0 Å². The lowest BCUT2D eigenvalue weighted by Gasteiger charge is -2.26. The molecule has 2 aromatic carbocycles. The average molecular weight is 343 g/mol. The van der Waals surface area contributed by atoms with Crippen LogP contribution in [0.25, 0.3) is 27.7 Å². The van der Waals surface area contributed by atoms with Crippen LogP contribution in [0, 0.1) is 0 Å². The van der Waals surface area contributed by atoms with Gasteiger partial charge in [0.25, 0.3) is 5.82 Å². The van der Waals surface area contributed by atoms with Gasteiger partial charge in [-0.3, -0.25) is 0 Å². The van der Waals surface area contributed by atoms with Crippen molar-refractivity contribution < 1.29 is 9.25 Å². The summed E-state index contributed by atoms with van der Waals surface area (Å²) in [7, 11) is 0. The highest BCUT2D eigenvalue weighted by atomic mass is 16.5. The van der Waals surface area contributed by atoms with Crippen LogP contribution in [-0.2, 0) is 4.74 Å². The highest BCUT2D eigenvalue weighted by molar-refractivity contribution is 5.92. The molecule has 0 atom stereocenters. The van der Waals surface area contributed by atoms with Crippen molar-refractivity contribution in [1.29, 1.82) is 0 Å². The first kappa shape index (κ1) is 15.2. The van der Waals surface area contributed by atoms with E-state index in [2.05, 4.69) is 35.2 Å². The Hall–Kier alpha value is -3.05. The zero-order valence-corrected chi connectivity index (χ0v) is 14.4. The van der Waals surface area contributed by atoms with E-state index in [-0.39, 0.29) is 0 Å². The summed E-state index contributed by atoms with van der Waals surface area (Å²) < 4.78 is 7.41. The first-order valence-corrected chi connectivity index (χ1v) is 8.90. The number of morpholine rings is 1. The number of anilines is 1. The van der Waals surface area contributed by atoms with E-state index in [4.69, 9.17) is 14.8 Å². The predicted molar refractivity (Wildman–Crippen MR) is 101 cm³/mol. The Morgan fingerprint density at radius 3 is 2.50 bits per heavy atom. The molecule has 5 rings (SSSR count). The normalized spacial score (nSPS) is 14.8. The Morgan fingerprint density at radius 2 is 1.65 bits per heavy atom. The summed E-state index contributed by atoms with van der Waals surface area (Å²) in [4.78, 5) is 7.35. The zero-order valence-electron chi connectivity index (χ0n) is 14.4. The van der Waals surface area contributed by atoms with Gasteiger partial charge >= 0.3 is 5.65 Å². The molecule has 0 aliphatic carbocycles. The lowest BCUT2D eigenvalue weighted by molar-refractivity contribution is -0.580. The molecule has 1 aliphatic rings. The van der Waals surface area contributed by atoms with Gasteiger partial charge in [-0.1, -0.05) is 53.6 Å². The van der Waals surface area contributed by atoms with Gasteiger partial charge in [0.2, 0.25) is 0 Å². The number of nitrogens with zero attached hydrogens (tertiary/aromatic N) is 4. The van der Waals surface area contributed by atoms with Gasteiger partial charge in [0.05, 0.1) is 18.6 Å². The minimum Gasteiger partial charge on any atom is -0.378 e. The number of fused-ring (bicyclic) bond motifs is 3. The van der Waals surface area contributed by atoms with Gasteiger partial charge in [0.15, 0.2) is 5.69 Å². The maximum atomic E-state index is 5.53. The minimum absolute atomic E-state index is 0.719. The van der Waals surface area contributed by atoms with Crippen LogP contribution >= 0.6 is 0 Å². The molecule has 2 aromatic heterocycles. The van der Waals surface area contributed by atoms with Gasteiger partial charge < -0.3 is 9.64 Å². The largest absolute Gasteiger partial charge is 0.378 e. The molecule has 4 aromatic rings. The average Bonchev–Trinajstić information content (AvgIpc) is 2.74. The van der Waals surface area contributed by atoms with Crippen LogP contribution < -0.4 is 9.42 Å². The second-order valence-electron chi connectivity index (χ2n) is 6.42. The Morgan fingerprint density at radius 1 is 0.885 bits per heavy atom. The molecular formula is C21H19N4O+. The molecule has 0 radical (unpaired) electrons. The van der Waals surface area contributed by atoms with Gasteiger partial charge in [-0.15, -0.1) is 4.52 Å². The monoisotopic (exact) mass is 343 g/mol. The summed E-state index contributed by atoms with van der Waals surface area (Å²) in [6.45, 7) is 3.10. The first-order chi connectivity index (χ1) is 12.9. The van der Waals surface area contributed by atoms with Crippen molar-refractivity contribution in [2.24, 2.45) is 0 Å². The molecule has 1 saturated heterocycles. The molecule has 3 heterocycles. The number of ether oxygens (including phenoxy) is 1. The quantitative estimate of drug-likeness (QED) is 0.415. The number of pyridine rings is 1. The van der Waals surface area contributed by atoms with Crippen LogP contribution in [0.3, 0.4) is 0 Å². The third-order valence-corrected chi connectivity index (χ3v) is 4.80. The highest BCUT2D eigenvalue weighted by Crippen LogP contribution is 2.28. The van der Waals surface area contributed by atoms with Gasteiger partial charge in [-0.2, -0.15) is 0 Å². The van der Waals surface area contributed by atoms with Crippen LogP contribution in [0.15, 0.2) is 66.9 Å². The number of hydrogen-bond acceptors (Lipinski definition) is 4. The second kappa shape index (κ2) is 6.35. The number of rotatable bonds is 2. The smallest absolute Gasteiger partial charge is 0.358 e. The molecule has 5 nitrogen and oxygen atoms in total. The Kier molecular flexibility index (Phi) is 3.72. The van der Waals surface area contributed by atoms with Crippen molar-refractivity contribution in [3.8, 4) is 11.3 Å². The molecule has 128 valence electrons. The maximum absolute atomic E-state index is 5.53. The SMILES string of the molecule is c1ccc(-c2n[n+]3ccc4ccccc4c3nc2N2CCOCC2)cc1. The van der Waals surface area contributed by atoms with E-state index >= 15 is 0 Å². The third kappa shape index (κ3) is 2.57. The van der Waals surface area contributed by atoms with Crippen LogP contribution in [0.4, 0.5) is 5.82 Å². The van der Waals surface area contributed by atoms with E-state index in [9.17, 15) is 0 Å². The second-order valence-corrected chi connectivity index (χ2v) is 6.42. The van der Waals surface area contributed by atoms with Gasteiger partial charge in [0, 0.05) is 18.7 Å². The van der Waals surface area contributed by atoms with Crippen molar-refractivity contribution in [2.75, 3.05) is 31.2 Å². The maximum Gasteiger partial charge on any atom is 0.358 e. The third-order valence-electron chi connectivity index (χ3n) is 4.80. The minimum atomic E-state index is 0.719. The standard InChI is InChI=1S/C21H19N4O/c1-2-7-17(8-3-1)19-21(24-12-14-26-15-13-24)22-20-18-9-5-4-6-16(18)10-11-25(20)23-19/h1-11H,12-15H2/q+1. The van der Waals surface area contributed by atoms with E-state index in [1.165, 1.54) is 5.39 Å². The molecule has 1 fully saturated rings. The molecular weight excluding hydrogens is 324 g/mol. The van der Waals surface area contributed by atoms with Crippen LogP contribution in [0.1, 0.15) is 0 Å². The van der Waals surface area contributed by atoms with Crippen LogP contribution in [-0.4, -0.2) is 36.4 Å². The van der Waals surface area contributed by atoms with Crippen molar-refractivity contribution in [3.63, 3.8) is 0 Å². The fraction of sp³-hybridized carbons (Fsp3) is 0.190. The first-order valence-electron chi connectivity index (χ1n) is 8.90. The van der Waals surface area contributed by atoms with Gasteiger partial charge in [0.1, 0.15) is 6.20 Å². The van der Waals surface area contributed by atoms with Gasteiger partial charge in [-0.25, -0.2) is 0 Å². The summed E-state index contributed by atoms with van der Waals surface area (Å²) in [6.07, 6.45) is 1.99. The van der Waals surface area contributed by atoms with Gasteiger partial charge in [-0.05, 0) is 22.5 Å². The highest BCUT2D eigenvalue weighted by Gasteiger charge is 2.26. The van der Waals surface area contributed by atoms with Crippen LogP contribution in [0.2, 0.25) is 0 Å². The van der Waals surface area contributed by atoms with Crippen molar-refractivity contribution >= 4 is 22.2 Å². The van der Waals surface area contributed by atoms with E-state index in [0.717, 1.165) is 54.4 Å². The molecule has 26 heavy (non-hydrogen) atoms. The number of aromatic nitrogens is 3. The number of hydrogen-bond donors (Lipinski definition) is 0. The topological polar surface area (TPSA) is 42.4 Å². The summed E-state index contributed by atoms with van der Waals surface area (Å²) in [5, 5.41) is 7.22. The van der Waals surface area contributed by atoms with Crippen molar-refractivity contribution in [2.45, 2.75) is 0 Å². The summed E-state index contributed by atoms with van der Waals surface area (Å²) >= 11 is 0. The van der Waals surface area contributed by atoms with E-state index in [1.807, 2.05) is 41.0 Å². The zero-order chi connectivity index (χ0) is 17.3. The molecule has 1 aliphatic heterocycles. The summed E-state index contributed by atoms with van der Waals surface area (Å²) in [5.74, 6) is 0.927. The fourth-order valence-electron chi connectivity index (χ4n) is 3.47. The molecule has 5 heteroatoms. The molecule has 0 bridgehead atoms. The molecule has 0 spiro atoms. The Bertz CT molecular complexity index is 1080. The number of benzene rings is 2. The van der Waals surface area contributed by atoms with E-state index in [0.29, 0.717) is 0 Å². The molecule has 0 unspecified atom stereocenters. The van der Waals surface area contributed by atoms with Crippen molar-refractivity contribution in [1.82, 2.24) is 10.1 Å². The van der Waals surface area contributed by atoms with Crippen LogP contribution in [0.5, 0.6) is 0 Å². The molecule has 0 amide bonds. The fourth-order valence-corrected chi connectivity index (χ4v) is 3.47. The molecule has 0 saturated carbocycles. The lowest BCUT2D eigenvalue weighted by atomic mass is 10.1. The lowest BCUT2D eigenvalue weighted by Crippen LogP contribution is -2.39. The molecule has 0 N–H and O–H groups in total. The van der Waals surface area contributed by atoms with Crippen molar-refractivity contribution in [3.05, 3.63) is 66.9 Å². The predicted octanol–water partition coefficient (Wildman–Crippen LogP) is 2.87. The Labute approximate surface area is 151 Å². The van der Waals surface area contributed by atoms with E-state index < -0.39 is 0 Å². The summed E-state index contributed by atoms with van der Waals surface area (Å²) in [5.41, 5.74) is 2.86. The summed E-state index contributed by atoms with van der Waals surface area (Å²) in [6, 6.07) is 20.7.